The van der Waals surface area contributed by atoms with Gasteiger partial charge in [-0.1, -0.05) is 0 Å². The first-order valence-corrected chi connectivity index (χ1v) is 4.65. The molecule has 2 aromatic rings. The van der Waals surface area contributed by atoms with Crippen molar-refractivity contribution in [2.24, 2.45) is 0 Å². The fraction of sp³-hybridized carbons (Fsp3) is 0.100. The van der Waals surface area contributed by atoms with Gasteiger partial charge >= 0.3 is 79.3 Å². The summed E-state index contributed by atoms with van der Waals surface area (Å²) < 4.78 is 1.13. The van der Waals surface area contributed by atoms with Crippen LogP contribution in [0.25, 0.3) is 10.9 Å². The predicted octanol–water partition coefficient (Wildman–Crippen LogP) is 1.34. The molecule has 0 N–H and O–H groups in total. The summed E-state index contributed by atoms with van der Waals surface area (Å²) in [4.78, 5) is 4.29. The number of nitrogens with zero attached hydrogens (tertiary/aromatic N) is 1. The van der Waals surface area contributed by atoms with Crippen molar-refractivity contribution < 1.29 is 0 Å². The molecule has 1 aromatic carbocycles. The van der Waals surface area contributed by atoms with Gasteiger partial charge < -0.3 is 0 Å². The summed E-state index contributed by atoms with van der Waals surface area (Å²) in [6, 6.07) is 8.29. The zero-order valence-corrected chi connectivity index (χ0v) is 8.46. The van der Waals surface area contributed by atoms with Gasteiger partial charge in [-0.15, -0.1) is 0 Å². The van der Waals surface area contributed by atoms with Crippen LogP contribution in [-0.2, 0) is 0 Å². The third-order valence-electron chi connectivity index (χ3n) is 1.81. The Labute approximate surface area is 79.6 Å². The first kappa shape index (κ1) is 7.78. The van der Waals surface area contributed by atoms with Crippen LogP contribution in [0.3, 0.4) is 0 Å². The average Bonchev–Trinajstić information content (AvgIpc) is 2.04. The van der Waals surface area contributed by atoms with Crippen LogP contribution in [0.2, 0.25) is 0 Å². The van der Waals surface area contributed by atoms with Crippen molar-refractivity contribution >= 4 is 31.4 Å². The Morgan fingerprint density at radius 2 is 2.17 bits per heavy atom. The molecule has 59 valence electrons. The van der Waals surface area contributed by atoms with E-state index < -0.39 is 0 Å². The Bertz CT molecular complexity index is 423. The molecule has 0 saturated carbocycles. The average molecular weight is 221 g/mol. The molecule has 0 aliphatic carbocycles. The topological polar surface area (TPSA) is 12.9 Å². The molecular weight excluding hydrogens is 213 g/mol. The quantitative estimate of drug-likeness (QED) is 0.612. The van der Waals surface area contributed by atoms with Gasteiger partial charge in [0.15, 0.2) is 0 Å². The summed E-state index contributed by atoms with van der Waals surface area (Å²) in [7, 11) is 0. The molecule has 2 heteroatoms. The van der Waals surface area contributed by atoms with Crippen LogP contribution >= 0.6 is 0 Å². The summed E-state index contributed by atoms with van der Waals surface area (Å²) in [6.45, 7) is 2.09. The van der Waals surface area contributed by atoms with Crippen molar-refractivity contribution in [3.8, 4) is 0 Å². The second-order valence-corrected chi connectivity index (χ2v) is 3.76. The summed E-state index contributed by atoms with van der Waals surface area (Å²) in [5.74, 6) is 0. The number of hydrogen-bond acceptors (Lipinski definition) is 1. The van der Waals surface area contributed by atoms with Crippen molar-refractivity contribution in [1.82, 2.24) is 4.98 Å². The van der Waals surface area contributed by atoms with Crippen LogP contribution in [0.1, 0.15) is 5.56 Å². The Hall–Kier alpha value is -0.851. The summed E-state index contributed by atoms with van der Waals surface area (Å²) in [5.41, 5.74) is 2.33. The number of benzene rings is 1. The number of aromatic nitrogens is 1. The number of rotatable bonds is 0. The number of hydrogen-bond donors (Lipinski definition) is 0. The molecule has 1 nitrogen and oxygen atoms in total. The molecule has 1 aromatic heterocycles. The monoisotopic (exact) mass is 222 g/mol. The van der Waals surface area contributed by atoms with Crippen LogP contribution in [0.4, 0.5) is 0 Å². The van der Waals surface area contributed by atoms with Crippen LogP contribution in [0.15, 0.2) is 30.5 Å². The predicted molar refractivity (Wildman–Crippen MR) is 51.9 cm³/mol. The first-order valence-electron chi connectivity index (χ1n) is 3.80. The van der Waals surface area contributed by atoms with Crippen molar-refractivity contribution in [2.45, 2.75) is 6.92 Å². The molecule has 1 radical (unpaired) electrons. The van der Waals surface area contributed by atoms with E-state index in [1.807, 2.05) is 12.3 Å². The molecule has 0 atom stereocenters. The minimum atomic E-state index is 1.06. The van der Waals surface area contributed by atoms with Gasteiger partial charge in [0, 0.05) is 0 Å². The summed E-state index contributed by atoms with van der Waals surface area (Å²) in [6.07, 6.45) is 1.82. The van der Waals surface area contributed by atoms with Gasteiger partial charge in [-0.25, -0.2) is 0 Å². The molecule has 0 aliphatic rings. The van der Waals surface area contributed by atoms with E-state index in [2.05, 4.69) is 46.1 Å². The molecular formula is C10H8NSe. The molecule has 0 fully saturated rings. The summed E-state index contributed by atoms with van der Waals surface area (Å²) in [5, 5.41) is 1.20. The minimum absolute atomic E-state index is 1.06. The number of pyridine rings is 1. The number of fused-ring (bicyclic) bond motifs is 1. The van der Waals surface area contributed by atoms with E-state index in [1.165, 1.54) is 10.9 Å². The van der Waals surface area contributed by atoms with E-state index >= 15 is 0 Å². The van der Waals surface area contributed by atoms with Gasteiger partial charge in [0.25, 0.3) is 0 Å². The van der Waals surface area contributed by atoms with E-state index in [0.717, 1.165) is 9.98 Å². The second kappa shape index (κ2) is 2.89. The SMILES string of the molecule is Cc1cc([Se])c2ncccc2c1. The Kier molecular flexibility index (Phi) is 1.87. The van der Waals surface area contributed by atoms with E-state index in [1.54, 1.807) is 0 Å². The van der Waals surface area contributed by atoms with E-state index in [4.69, 9.17) is 0 Å². The molecule has 0 spiro atoms. The Balaban J connectivity index is 2.89. The normalized spacial score (nSPS) is 10.4. The van der Waals surface area contributed by atoms with Gasteiger partial charge in [-0.2, -0.15) is 0 Å². The van der Waals surface area contributed by atoms with Crippen LogP contribution < -0.4 is 4.46 Å². The van der Waals surface area contributed by atoms with Crippen molar-refractivity contribution in [1.29, 1.82) is 0 Å². The van der Waals surface area contributed by atoms with E-state index in [-0.39, 0.29) is 0 Å². The zero-order chi connectivity index (χ0) is 8.55. The van der Waals surface area contributed by atoms with Crippen molar-refractivity contribution in [2.75, 3.05) is 0 Å². The van der Waals surface area contributed by atoms with Gasteiger partial charge in [-0.05, 0) is 0 Å². The van der Waals surface area contributed by atoms with Gasteiger partial charge in [-0.3, -0.25) is 0 Å². The molecule has 0 bridgehead atoms. The van der Waals surface area contributed by atoms with E-state index in [9.17, 15) is 0 Å². The van der Waals surface area contributed by atoms with Crippen LogP contribution in [-0.4, -0.2) is 21.0 Å². The van der Waals surface area contributed by atoms with Crippen molar-refractivity contribution in [3.05, 3.63) is 36.0 Å². The second-order valence-electron chi connectivity index (χ2n) is 2.84. The molecule has 0 unspecified atom stereocenters. The maximum atomic E-state index is 4.29. The third-order valence-corrected chi connectivity index (χ3v) is 2.47. The van der Waals surface area contributed by atoms with Crippen LogP contribution in [0, 0.1) is 6.92 Å². The molecule has 0 saturated heterocycles. The van der Waals surface area contributed by atoms with Gasteiger partial charge in [0.2, 0.25) is 0 Å². The van der Waals surface area contributed by atoms with Gasteiger partial charge in [0.1, 0.15) is 0 Å². The fourth-order valence-electron chi connectivity index (χ4n) is 1.30. The van der Waals surface area contributed by atoms with Crippen LogP contribution in [0.5, 0.6) is 0 Å². The molecule has 2 rings (SSSR count). The standard InChI is InChI=1S/C10H8NSe/c1-7-5-8-3-2-4-11-10(8)9(12)6-7/h2-6H,1H3. The maximum absolute atomic E-state index is 4.29. The van der Waals surface area contributed by atoms with Gasteiger partial charge in [0.05, 0.1) is 0 Å². The van der Waals surface area contributed by atoms with E-state index in [0.29, 0.717) is 0 Å². The molecule has 12 heavy (non-hydrogen) atoms. The zero-order valence-electron chi connectivity index (χ0n) is 6.74. The summed E-state index contributed by atoms with van der Waals surface area (Å²) >= 11 is 3.02. The van der Waals surface area contributed by atoms with Crippen molar-refractivity contribution in [3.63, 3.8) is 0 Å². The fourth-order valence-corrected chi connectivity index (χ4v) is 2.05. The Morgan fingerprint density at radius 3 is 3.00 bits per heavy atom. The molecule has 0 amide bonds. The molecule has 1 heterocycles. The Morgan fingerprint density at radius 1 is 1.33 bits per heavy atom. The number of aryl methyl sites for hydroxylation is 1. The first-order chi connectivity index (χ1) is 5.77. The third kappa shape index (κ3) is 1.24. The molecule has 0 aliphatic heterocycles.